The fourth-order valence-electron chi connectivity index (χ4n) is 3.56. The molecule has 0 atom stereocenters. The summed E-state index contributed by atoms with van der Waals surface area (Å²) in [6.45, 7) is 4.02. The van der Waals surface area contributed by atoms with Gasteiger partial charge in [0.1, 0.15) is 16.9 Å². The highest BCUT2D eigenvalue weighted by Gasteiger charge is 2.26. The Kier molecular flexibility index (Phi) is 5.55. The molecule has 1 aliphatic rings. The van der Waals surface area contributed by atoms with Crippen molar-refractivity contribution in [3.05, 3.63) is 39.5 Å². The lowest BCUT2D eigenvalue weighted by Gasteiger charge is -2.26. The summed E-state index contributed by atoms with van der Waals surface area (Å²) in [4.78, 5) is 28.1. The molecule has 0 aliphatic carbocycles. The van der Waals surface area contributed by atoms with E-state index < -0.39 is 5.91 Å². The van der Waals surface area contributed by atoms with E-state index in [0.717, 1.165) is 24.0 Å². The number of fused-ring (bicyclic) bond motifs is 3. The first kappa shape index (κ1) is 19.8. The molecular weight excluding hydrogens is 394 g/mol. The lowest BCUT2D eigenvalue weighted by Crippen LogP contribution is -2.38. The van der Waals surface area contributed by atoms with Crippen molar-refractivity contribution < 1.29 is 19.5 Å². The number of hydrogen-bond acceptors (Lipinski definition) is 7. The molecule has 29 heavy (non-hydrogen) atoms. The topological polar surface area (TPSA) is 84.2 Å². The number of ether oxygens (including phenoxy) is 2. The van der Waals surface area contributed by atoms with Crippen molar-refractivity contribution in [2.24, 2.45) is 7.05 Å². The fraction of sp³-hybridized carbons (Fsp3) is 0.400. The number of thiophene rings is 1. The van der Waals surface area contributed by atoms with Crippen LogP contribution in [-0.2, 0) is 11.8 Å². The summed E-state index contributed by atoms with van der Waals surface area (Å²) < 4.78 is 13.6. The van der Waals surface area contributed by atoms with Crippen molar-refractivity contribution in [3.8, 4) is 5.75 Å². The summed E-state index contributed by atoms with van der Waals surface area (Å²) >= 11 is 1.18. The average Bonchev–Trinajstić information content (AvgIpc) is 3.12. The minimum absolute atomic E-state index is 0.223. The van der Waals surface area contributed by atoms with Crippen LogP contribution in [0.1, 0.15) is 9.67 Å². The molecule has 1 N–H and O–H groups in total. The van der Waals surface area contributed by atoms with Gasteiger partial charge >= 0.3 is 0 Å². The maximum Gasteiger partial charge on any atom is 0.290 e. The number of hydroxylamine groups is 2. The van der Waals surface area contributed by atoms with Crippen LogP contribution in [0.5, 0.6) is 5.75 Å². The van der Waals surface area contributed by atoms with Crippen LogP contribution in [0.4, 0.5) is 0 Å². The zero-order valence-electron chi connectivity index (χ0n) is 16.4. The molecule has 8 nitrogen and oxygen atoms in total. The van der Waals surface area contributed by atoms with Gasteiger partial charge in [0.2, 0.25) is 0 Å². The van der Waals surface area contributed by atoms with Crippen molar-refractivity contribution in [2.45, 2.75) is 0 Å². The lowest BCUT2D eigenvalue weighted by atomic mass is 10.1. The summed E-state index contributed by atoms with van der Waals surface area (Å²) in [7, 11) is 2.97. The summed E-state index contributed by atoms with van der Waals surface area (Å²) in [6.07, 6.45) is 0. The molecule has 154 valence electrons. The quantitative estimate of drug-likeness (QED) is 0.504. The highest BCUT2D eigenvalue weighted by atomic mass is 32.1. The van der Waals surface area contributed by atoms with E-state index in [1.807, 2.05) is 24.3 Å². The second kappa shape index (κ2) is 8.11. The van der Waals surface area contributed by atoms with E-state index in [4.69, 9.17) is 9.47 Å². The van der Waals surface area contributed by atoms with Gasteiger partial charge in [-0.15, -0.1) is 11.3 Å². The van der Waals surface area contributed by atoms with E-state index in [0.29, 0.717) is 41.5 Å². The standard InChI is InChI=1S/C20H23N3O5S/c1-21-14-6-4-3-5-13(14)17-15(19(21)24)16(18(29-17)20(25)22(2)26)28-12-9-23-7-10-27-11-8-23/h3-6,26H,7-12H2,1-2H3. The molecule has 1 amide bonds. The Morgan fingerprint density at radius 2 is 2.03 bits per heavy atom. The molecule has 0 saturated carbocycles. The third-order valence-electron chi connectivity index (χ3n) is 5.14. The maximum atomic E-state index is 13.1. The lowest BCUT2D eigenvalue weighted by molar-refractivity contribution is -0.0373. The average molecular weight is 417 g/mol. The van der Waals surface area contributed by atoms with E-state index in [1.165, 1.54) is 18.4 Å². The first-order chi connectivity index (χ1) is 14.0. The van der Waals surface area contributed by atoms with Gasteiger partial charge in [0.25, 0.3) is 11.5 Å². The van der Waals surface area contributed by atoms with E-state index in [2.05, 4.69) is 4.90 Å². The first-order valence-electron chi connectivity index (χ1n) is 9.43. The third kappa shape index (κ3) is 3.62. The van der Waals surface area contributed by atoms with Crippen LogP contribution in [-0.4, -0.2) is 72.1 Å². The number of pyridine rings is 1. The Morgan fingerprint density at radius 3 is 2.76 bits per heavy atom. The number of nitrogens with zero attached hydrogens (tertiary/aromatic N) is 3. The van der Waals surface area contributed by atoms with Gasteiger partial charge in [-0.1, -0.05) is 18.2 Å². The molecule has 0 spiro atoms. The Bertz CT molecular complexity index is 1110. The number of hydrogen-bond donors (Lipinski definition) is 1. The number of rotatable bonds is 5. The summed E-state index contributed by atoms with van der Waals surface area (Å²) in [5, 5.41) is 11.5. The second-order valence-electron chi connectivity index (χ2n) is 6.98. The Balaban J connectivity index is 1.80. The number of benzene rings is 1. The van der Waals surface area contributed by atoms with Crippen LogP contribution in [0.15, 0.2) is 29.1 Å². The number of para-hydroxylation sites is 1. The molecular formula is C20H23N3O5S. The highest BCUT2D eigenvalue weighted by molar-refractivity contribution is 7.22. The van der Waals surface area contributed by atoms with Crippen molar-refractivity contribution >= 4 is 38.2 Å². The predicted molar refractivity (Wildman–Crippen MR) is 111 cm³/mol. The van der Waals surface area contributed by atoms with Gasteiger partial charge in [-0.05, 0) is 6.07 Å². The molecule has 9 heteroatoms. The van der Waals surface area contributed by atoms with Gasteiger partial charge in [0.15, 0.2) is 5.75 Å². The summed E-state index contributed by atoms with van der Waals surface area (Å²) in [5.74, 6) is -0.353. The molecule has 0 bridgehead atoms. The molecule has 0 unspecified atom stereocenters. The van der Waals surface area contributed by atoms with Gasteiger partial charge < -0.3 is 14.0 Å². The van der Waals surface area contributed by atoms with Crippen LogP contribution in [0.25, 0.3) is 21.0 Å². The minimum atomic E-state index is -0.598. The van der Waals surface area contributed by atoms with Gasteiger partial charge in [-0.2, -0.15) is 0 Å². The monoisotopic (exact) mass is 417 g/mol. The summed E-state index contributed by atoms with van der Waals surface area (Å²) in [5.41, 5.74) is 0.554. The predicted octanol–water partition coefficient (Wildman–Crippen LogP) is 1.93. The van der Waals surface area contributed by atoms with Crippen molar-refractivity contribution in [2.75, 3.05) is 46.5 Å². The number of amides is 1. The number of aryl methyl sites for hydroxylation is 1. The molecule has 2 aromatic heterocycles. The minimum Gasteiger partial charge on any atom is -0.490 e. The Hall–Kier alpha value is -2.46. The molecule has 3 aromatic rings. The summed E-state index contributed by atoms with van der Waals surface area (Å²) in [6, 6.07) is 7.55. The molecule has 1 fully saturated rings. The number of carbonyl (C=O) groups is 1. The van der Waals surface area contributed by atoms with Crippen molar-refractivity contribution in [1.29, 1.82) is 0 Å². The first-order valence-corrected chi connectivity index (χ1v) is 10.2. The largest absolute Gasteiger partial charge is 0.490 e. The Morgan fingerprint density at radius 1 is 1.31 bits per heavy atom. The van der Waals surface area contributed by atoms with Gasteiger partial charge in [-0.25, -0.2) is 5.06 Å². The van der Waals surface area contributed by atoms with Crippen molar-refractivity contribution in [3.63, 3.8) is 0 Å². The fourth-order valence-corrected chi connectivity index (χ4v) is 4.80. The van der Waals surface area contributed by atoms with Gasteiger partial charge in [0, 0.05) is 39.1 Å². The van der Waals surface area contributed by atoms with Gasteiger partial charge in [0.05, 0.1) is 23.4 Å². The van der Waals surface area contributed by atoms with E-state index >= 15 is 0 Å². The van der Waals surface area contributed by atoms with E-state index in [-0.39, 0.29) is 16.2 Å². The molecule has 1 saturated heterocycles. The molecule has 4 rings (SSSR count). The molecule has 3 heterocycles. The molecule has 0 radical (unpaired) electrons. The number of morpholine rings is 1. The van der Waals surface area contributed by atoms with Crippen LogP contribution in [0.3, 0.4) is 0 Å². The second-order valence-corrected chi connectivity index (χ2v) is 8.00. The normalized spacial score (nSPS) is 15.1. The molecule has 1 aliphatic heterocycles. The van der Waals surface area contributed by atoms with Crippen LogP contribution in [0.2, 0.25) is 0 Å². The van der Waals surface area contributed by atoms with Gasteiger partial charge in [-0.3, -0.25) is 19.7 Å². The zero-order valence-corrected chi connectivity index (χ0v) is 17.2. The number of carbonyl (C=O) groups excluding carboxylic acids is 1. The zero-order chi connectivity index (χ0) is 20.5. The smallest absolute Gasteiger partial charge is 0.290 e. The van der Waals surface area contributed by atoms with Crippen molar-refractivity contribution in [1.82, 2.24) is 14.5 Å². The number of aromatic nitrogens is 1. The van der Waals surface area contributed by atoms with E-state index in [1.54, 1.807) is 11.6 Å². The SMILES string of the molecule is CN(O)C(=O)c1sc2c(c1OCCN1CCOCC1)c(=O)n(C)c1ccccc21. The maximum absolute atomic E-state index is 13.1. The highest BCUT2D eigenvalue weighted by Crippen LogP contribution is 2.40. The third-order valence-corrected chi connectivity index (χ3v) is 6.33. The van der Waals surface area contributed by atoms with Crippen LogP contribution < -0.4 is 10.3 Å². The van der Waals surface area contributed by atoms with E-state index in [9.17, 15) is 14.8 Å². The Labute approximate surface area is 171 Å². The van der Waals surface area contributed by atoms with Crippen LogP contribution >= 0.6 is 11.3 Å². The molecule has 1 aromatic carbocycles. The van der Waals surface area contributed by atoms with Crippen LogP contribution in [0, 0.1) is 0 Å².